The molecule has 1 aliphatic carbocycles. The average Bonchev–Trinajstić information content (AvgIpc) is 3.05. The first kappa shape index (κ1) is 19.0. The summed E-state index contributed by atoms with van der Waals surface area (Å²) in [6, 6.07) is 3.98. The molecule has 0 spiro atoms. The number of nitrogens with zero attached hydrogens (tertiary/aromatic N) is 1. The SMILES string of the molecule is Cc1ccc(C(=O)NC2CCN(CC(=O)N[C@H]3CCCC[C@@H]3C)CC2)o1. The molecule has 2 heterocycles. The Bertz CT molecular complexity index is 620. The molecule has 26 heavy (non-hydrogen) atoms. The average molecular weight is 361 g/mol. The smallest absolute Gasteiger partial charge is 0.287 e. The lowest BCUT2D eigenvalue weighted by atomic mass is 9.86. The fourth-order valence-electron chi connectivity index (χ4n) is 4.03. The van der Waals surface area contributed by atoms with Crippen molar-refractivity contribution >= 4 is 11.8 Å². The molecule has 1 aliphatic heterocycles. The van der Waals surface area contributed by atoms with E-state index in [2.05, 4.69) is 22.5 Å². The van der Waals surface area contributed by atoms with Gasteiger partial charge in [-0.05, 0) is 50.7 Å². The number of hydrogen-bond donors (Lipinski definition) is 2. The van der Waals surface area contributed by atoms with Crippen LogP contribution in [0.4, 0.5) is 0 Å². The van der Waals surface area contributed by atoms with E-state index in [1.165, 1.54) is 19.3 Å². The van der Waals surface area contributed by atoms with Crippen LogP contribution in [0.1, 0.15) is 61.8 Å². The van der Waals surface area contributed by atoms with Crippen LogP contribution in [0, 0.1) is 12.8 Å². The standard InChI is InChI=1S/C20H31N3O3/c1-14-5-3-4-6-17(14)22-19(24)13-23-11-9-16(10-12-23)21-20(25)18-8-7-15(2)26-18/h7-8,14,16-17H,3-6,9-13H2,1-2H3,(H,21,25)(H,22,24)/t14-,17-/m0/s1. The maximum atomic E-state index is 12.3. The van der Waals surface area contributed by atoms with E-state index in [1.807, 2.05) is 6.92 Å². The van der Waals surface area contributed by atoms with Gasteiger partial charge in [0.2, 0.25) is 5.91 Å². The number of aryl methyl sites for hydroxylation is 1. The molecule has 2 atom stereocenters. The summed E-state index contributed by atoms with van der Waals surface area (Å²) in [6.45, 7) is 6.18. The van der Waals surface area contributed by atoms with Crippen LogP contribution < -0.4 is 10.6 Å². The van der Waals surface area contributed by atoms with E-state index in [4.69, 9.17) is 4.42 Å². The summed E-state index contributed by atoms with van der Waals surface area (Å²) in [4.78, 5) is 26.7. The van der Waals surface area contributed by atoms with Crippen LogP contribution in [0.2, 0.25) is 0 Å². The number of hydrogen-bond acceptors (Lipinski definition) is 4. The third-order valence-corrected chi connectivity index (χ3v) is 5.71. The predicted octanol–water partition coefficient (Wildman–Crippen LogP) is 2.48. The maximum absolute atomic E-state index is 12.3. The van der Waals surface area contributed by atoms with Crippen LogP contribution >= 0.6 is 0 Å². The van der Waals surface area contributed by atoms with Gasteiger partial charge in [0.05, 0.1) is 6.54 Å². The van der Waals surface area contributed by atoms with Gasteiger partial charge in [0.15, 0.2) is 5.76 Å². The Morgan fingerprint density at radius 3 is 2.50 bits per heavy atom. The lowest BCUT2D eigenvalue weighted by Crippen LogP contribution is -2.49. The molecule has 0 bridgehead atoms. The number of nitrogens with one attached hydrogen (secondary N) is 2. The molecule has 0 aromatic carbocycles. The van der Waals surface area contributed by atoms with E-state index < -0.39 is 0 Å². The van der Waals surface area contributed by atoms with E-state index in [1.54, 1.807) is 12.1 Å². The zero-order chi connectivity index (χ0) is 18.5. The summed E-state index contributed by atoms with van der Waals surface area (Å²) in [5.41, 5.74) is 0. The van der Waals surface area contributed by atoms with Crippen LogP contribution in [0.25, 0.3) is 0 Å². The van der Waals surface area contributed by atoms with Gasteiger partial charge in [0.1, 0.15) is 5.76 Å². The summed E-state index contributed by atoms with van der Waals surface area (Å²) in [5.74, 6) is 1.67. The minimum Gasteiger partial charge on any atom is -0.456 e. The van der Waals surface area contributed by atoms with Crippen LogP contribution in [-0.4, -0.2) is 48.4 Å². The maximum Gasteiger partial charge on any atom is 0.287 e. The highest BCUT2D eigenvalue weighted by atomic mass is 16.3. The van der Waals surface area contributed by atoms with Gasteiger partial charge < -0.3 is 15.1 Å². The van der Waals surface area contributed by atoms with Crippen molar-refractivity contribution in [1.29, 1.82) is 0 Å². The van der Waals surface area contributed by atoms with Gasteiger partial charge >= 0.3 is 0 Å². The van der Waals surface area contributed by atoms with Gasteiger partial charge in [-0.15, -0.1) is 0 Å². The van der Waals surface area contributed by atoms with Gasteiger partial charge in [-0.2, -0.15) is 0 Å². The molecule has 2 aliphatic rings. The van der Waals surface area contributed by atoms with Crippen molar-refractivity contribution in [1.82, 2.24) is 15.5 Å². The summed E-state index contributed by atoms with van der Waals surface area (Å²) in [5, 5.41) is 6.25. The van der Waals surface area contributed by atoms with Crippen molar-refractivity contribution in [2.24, 2.45) is 5.92 Å². The highest BCUT2D eigenvalue weighted by Gasteiger charge is 2.26. The molecule has 6 nitrogen and oxygen atoms in total. The summed E-state index contributed by atoms with van der Waals surface area (Å²) >= 11 is 0. The van der Waals surface area contributed by atoms with E-state index in [-0.39, 0.29) is 17.9 Å². The topological polar surface area (TPSA) is 74.6 Å². The quantitative estimate of drug-likeness (QED) is 0.845. The highest BCUT2D eigenvalue weighted by molar-refractivity contribution is 5.91. The molecule has 2 N–H and O–H groups in total. The normalized spacial score (nSPS) is 25.0. The molecular weight excluding hydrogens is 330 g/mol. The van der Waals surface area contributed by atoms with Crippen molar-refractivity contribution in [3.05, 3.63) is 23.7 Å². The summed E-state index contributed by atoms with van der Waals surface area (Å²) in [7, 11) is 0. The minimum absolute atomic E-state index is 0.136. The van der Waals surface area contributed by atoms with Gasteiger partial charge in [0.25, 0.3) is 5.91 Å². The number of amides is 2. The summed E-state index contributed by atoms with van der Waals surface area (Å²) in [6.07, 6.45) is 6.54. The van der Waals surface area contributed by atoms with E-state index >= 15 is 0 Å². The molecular formula is C20H31N3O3. The number of furan rings is 1. The fraction of sp³-hybridized carbons (Fsp3) is 0.700. The molecule has 1 saturated heterocycles. The molecule has 1 saturated carbocycles. The van der Waals surface area contributed by atoms with Crippen LogP contribution in [0.3, 0.4) is 0 Å². The number of rotatable bonds is 5. The molecule has 6 heteroatoms. The summed E-state index contributed by atoms with van der Waals surface area (Å²) < 4.78 is 5.37. The Kier molecular flexibility index (Phi) is 6.35. The Balaban J connectivity index is 1.38. The second-order valence-corrected chi connectivity index (χ2v) is 7.87. The van der Waals surface area contributed by atoms with Crippen molar-refractivity contribution in [2.45, 2.75) is 64.5 Å². The molecule has 0 unspecified atom stereocenters. The van der Waals surface area contributed by atoms with Crippen molar-refractivity contribution in [2.75, 3.05) is 19.6 Å². The van der Waals surface area contributed by atoms with Gasteiger partial charge in [-0.1, -0.05) is 19.8 Å². The molecule has 1 aromatic heterocycles. The van der Waals surface area contributed by atoms with Crippen LogP contribution in [0.15, 0.2) is 16.5 Å². The van der Waals surface area contributed by atoms with Gasteiger partial charge in [-0.25, -0.2) is 0 Å². The second-order valence-electron chi connectivity index (χ2n) is 7.87. The lowest BCUT2D eigenvalue weighted by molar-refractivity contribution is -0.123. The van der Waals surface area contributed by atoms with Crippen LogP contribution in [-0.2, 0) is 4.79 Å². The fourth-order valence-corrected chi connectivity index (χ4v) is 4.03. The predicted molar refractivity (Wildman–Crippen MR) is 99.9 cm³/mol. The Morgan fingerprint density at radius 1 is 1.12 bits per heavy atom. The lowest BCUT2D eigenvalue weighted by Gasteiger charge is -2.33. The number of carbonyl (C=O) groups is 2. The van der Waals surface area contributed by atoms with Gasteiger partial charge in [0, 0.05) is 25.2 Å². The molecule has 0 radical (unpaired) electrons. The largest absolute Gasteiger partial charge is 0.456 e. The first-order valence-electron chi connectivity index (χ1n) is 9.90. The van der Waals surface area contributed by atoms with E-state index in [9.17, 15) is 9.59 Å². The Hall–Kier alpha value is -1.82. The molecule has 144 valence electrons. The minimum atomic E-state index is -0.152. The number of piperidine rings is 1. The van der Waals surface area contributed by atoms with E-state index in [0.717, 1.165) is 38.1 Å². The third-order valence-electron chi connectivity index (χ3n) is 5.71. The number of likely N-dealkylation sites (tertiary alicyclic amines) is 1. The molecule has 3 rings (SSSR count). The molecule has 2 fully saturated rings. The highest BCUT2D eigenvalue weighted by Crippen LogP contribution is 2.23. The Labute approximate surface area is 155 Å². The van der Waals surface area contributed by atoms with E-state index in [0.29, 0.717) is 24.3 Å². The van der Waals surface area contributed by atoms with Gasteiger partial charge in [-0.3, -0.25) is 14.5 Å². The van der Waals surface area contributed by atoms with Crippen molar-refractivity contribution in [3.63, 3.8) is 0 Å². The Morgan fingerprint density at radius 2 is 1.85 bits per heavy atom. The molecule has 1 aromatic rings. The molecule has 2 amide bonds. The third kappa shape index (κ3) is 5.10. The van der Waals surface area contributed by atoms with Crippen molar-refractivity contribution in [3.8, 4) is 0 Å². The first-order chi connectivity index (χ1) is 12.5. The zero-order valence-corrected chi connectivity index (χ0v) is 15.9. The number of carbonyl (C=O) groups excluding carboxylic acids is 2. The second kappa shape index (κ2) is 8.71. The first-order valence-corrected chi connectivity index (χ1v) is 9.90. The van der Waals surface area contributed by atoms with Crippen molar-refractivity contribution < 1.29 is 14.0 Å². The monoisotopic (exact) mass is 361 g/mol. The zero-order valence-electron chi connectivity index (χ0n) is 15.9. The van der Waals surface area contributed by atoms with Crippen LogP contribution in [0.5, 0.6) is 0 Å².